The van der Waals surface area contributed by atoms with Gasteiger partial charge in [0.05, 0.1) is 18.1 Å². The lowest BCUT2D eigenvalue weighted by Gasteiger charge is -2.48. The average Bonchev–Trinajstić information content (AvgIpc) is 3.30. The van der Waals surface area contributed by atoms with E-state index in [1.165, 1.54) is 5.56 Å². The number of benzene rings is 1. The summed E-state index contributed by atoms with van der Waals surface area (Å²) >= 11 is 0. The van der Waals surface area contributed by atoms with Crippen molar-refractivity contribution in [2.75, 3.05) is 32.8 Å². The van der Waals surface area contributed by atoms with Crippen molar-refractivity contribution in [3.63, 3.8) is 0 Å². The highest BCUT2D eigenvalue weighted by atomic mass is 16.5. The fourth-order valence-corrected chi connectivity index (χ4v) is 5.24. The molecule has 2 atom stereocenters. The Morgan fingerprint density at radius 2 is 1.96 bits per heavy atom. The van der Waals surface area contributed by atoms with Crippen molar-refractivity contribution in [2.45, 2.75) is 44.1 Å². The van der Waals surface area contributed by atoms with Crippen LogP contribution in [0.2, 0.25) is 0 Å². The maximum absolute atomic E-state index is 12.7. The minimum Gasteiger partial charge on any atom is -0.381 e. The van der Waals surface area contributed by atoms with E-state index in [9.17, 15) is 9.59 Å². The number of ether oxygens (including phenoxy) is 1. The van der Waals surface area contributed by atoms with Crippen LogP contribution in [-0.4, -0.2) is 60.0 Å². The number of amides is 2. The van der Waals surface area contributed by atoms with Crippen LogP contribution in [0.25, 0.3) is 0 Å². The number of nitrogens with zero attached hydrogens (tertiary/aromatic N) is 2. The summed E-state index contributed by atoms with van der Waals surface area (Å²) in [7, 11) is 0. The molecule has 4 rings (SSSR count). The van der Waals surface area contributed by atoms with Gasteiger partial charge in [-0.25, -0.2) is 0 Å². The number of carbonyl (C=O) groups is 2. The zero-order chi connectivity index (χ0) is 18.1. The van der Waals surface area contributed by atoms with Crippen LogP contribution in [0.1, 0.15) is 44.1 Å². The summed E-state index contributed by atoms with van der Waals surface area (Å²) in [4.78, 5) is 29.5. The molecule has 140 valence electrons. The first-order chi connectivity index (χ1) is 12.7. The van der Waals surface area contributed by atoms with Gasteiger partial charge in [0.2, 0.25) is 11.8 Å². The Morgan fingerprint density at radius 1 is 1.23 bits per heavy atom. The highest BCUT2D eigenvalue weighted by molar-refractivity contribution is 5.82. The number of rotatable bonds is 3. The van der Waals surface area contributed by atoms with Gasteiger partial charge >= 0.3 is 0 Å². The van der Waals surface area contributed by atoms with Gasteiger partial charge in [0.25, 0.3) is 0 Å². The predicted molar refractivity (Wildman–Crippen MR) is 98.7 cm³/mol. The molecule has 1 aromatic rings. The van der Waals surface area contributed by atoms with Gasteiger partial charge < -0.3 is 14.5 Å². The second-order valence-corrected chi connectivity index (χ2v) is 7.79. The summed E-state index contributed by atoms with van der Waals surface area (Å²) in [6.45, 7) is 5.55. The van der Waals surface area contributed by atoms with Crippen molar-refractivity contribution in [1.82, 2.24) is 9.80 Å². The molecule has 0 aliphatic carbocycles. The van der Waals surface area contributed by atoms with Crippen LogP contribution in [-0.2, 0) is 14.3 Å². The SMILES string of the molecule is CCN1C(=O)C[C@H](c2ccccc2)C12CCN(C(=O)[C@@H]1CCOC1)CC2. The molecule has 0 aromatic heterocycles. The monoisotopic (exact) mass is 356 g/mol. The highest BCUT2D eigenvalue weighted by Crippen LogP contribution is 2.48. The number of hydrogen-bond acceptors (Lipinski definition) is 3. The Bertz CT molecular complexity index is 661. The van der Waals surface area contributed by atoms with Crippen LogP contribution in [0, 0.1) is 5.92 Å². The molecule has 1 aromatic carbocycles. The Morgan fingerprint density at radius 3 is 2.58 bits per heavy atom. The Balaban J connectivity index is 1.55. The molecule has 26 heavy (non-hydrogen) atoms. The average molecular weight is 356 g/mol. The summed E-state index contributed by atoms with van der Waals surface area (Å²) in [6, 6.07) is 10.4. The number of likely N-dealkylation sites (tertiary alicyclic amines) is 2. The van der Waals surface area contributed by atoms with Crippen LogP contribution in [0.5, 0.6) is 0 Å². The first-order valence-corrected chi connectivity index (χ1v) is 9.87. The van der Waals surface area contributed by atoms with E-state index in [-0.39, 0.29) is 29.2 Å². The smallest absolute Gasteiger partial charge is 0.228 e. The second kappa shape index (κ2) is 7.03. The van der Waals surface area contributed by atoms with Gasteiger partial charge in [-0.2, -0.15) is 0 Å². The van der Waals surface area contributed by atoms with Gasteiger partial charge in [-0.3, -0.25) is 9.59 Å². The number of likely N-dealkylation sites (N-methyl/N-ethyl adjacent to an activating group) is 1. The molecule has 3 aliphatic heterocycles. The highest BCUT2D eigenvalue weighted by Gasteiger charge is 2.54. The van der Waals surface area contributed by atoms with Crippen LogP contribution >= 0.6 is 0 Å². The van der Waals surface area contributed by atoms with E-state index in [1.807, 2.05) is 11.0 Å². The fourth-order valence-electron chi connectivity index (χ4n) is 5.24. The Hall–Kier alpha value is -1.88. The fraction of sp³-hybridized carbons (Fsp3) is 0.619. The van der Waals surface area contributed by atoms with Crippen molar-refractivity contribution >= 4 is 11.8 Å². The molecule has 0 saturated carbocycles. The van der Waals surface area contributed by atoms with E-state index in [2.05, 4.69) is 36.1 Å². The predicted octanol–water partition coefficient (Wildman–Crippen LogP) is 2.42. The van der Waals surface area contributed by atoms with E-state index in [1.54, 1.807) is 0 Å². The van der Waals surface area contributed by atoms with Gasteiger partial charge in [-0.15, -0.1) is 0 Å². The van der Waals surface area contributed by atoms with Gasteiger partial charge in [0.1, 0.15) is 0 Å². The number of carbonyl (C=O) groups excluding carboxylic acids is 2. The summed E-state index contributed by atoms with van der Waals surface area (Å²) in [5.41, 5.74) is 1.11. The molecule has 0 unspecified atom stereocenters. The molecule has 5 heteroatoms. The third kappa shape index (κ3) is 2.82. The molecule has 2 amide bonds. The summed E-state index contributed by atoms with van der Waals surface area (Å²) < 4.78 is 5.39. The lowest BCUT2D eigenvalue weighted by molar-refractivity contribution is -0.139. The molecule has 0 N–H and O–H groups in total. The Kier molecular flexibility index (Phi) is 4.74. The molecule has 3 aliphatic rings. The van der Waals surface area contributed by atoms with Crippen LogP contribution in [0.15, 0.2) is 30.3 Å². The minimum atomic E-state index is -0.143. The molecule has 0 radical (unpaired) electrons. The van der Waals surface area contributed by atoms with E-state index < -0.39 is 0 Å². The van der Waals surface area contributed by atoms with Crippen molar-refractivity contribution in [3.05, 3.63) is 35.9 Å². The summed E-state index contributed by atoms with van der Waals surface area (Å²) in [6.07, 6.45) is 3.16. The van der Waals surface area contributed by atoms with E-state index in [0.29, 0.717) is 19.6 Å². The van der Waals surface area contributed by atoms with Gasteiger partial charge in [0.15, 0.2) is 0 Å². The largest absolute Gasteiger partial charge is 0.381 e. The standard InChI is InChI=1S/C21H28N2O3/c1-2-23-19(24)14-18(16-6-4-3-5-7-16)21(23)9-11-22(12-10-21)20(25)17-8-13-26-15-17/h3-7,17-18H,2,8-15H2,1H3/t17-,18-/m1/s1. The third-order valence-corrected chi connectivity index (χ3v) is 6.60. The maximum Gasteiger partial charge on any atom is 0.228 e. The molecule has 3 heterocycles. The van der Waals surface area contributed by atoms with Gasteiger partial charge in [0, 0.05) is 38.6 Å². The third-order valence-electron chi connectivity index (χ3n) is 6.60. The van der Waals surface area contributed by atoms with Crippen molar-refractivity contribution < 1.29 is 14.3 Å². The van der Waals surface area contributed by atoms with Gasteiger partial charge in [-0.1, -0.05) is 30.3 Å². The molecule has 1 spiro atoms. The maximum atomic E-state index is 12.7. The Labute approximate surface area is 155 Å². The van der Waals surface area contributed by atoms with Crippen molar-refractivity contribution in [2.24, 2.45) is 5.92 Å². The molecule has 0 bridgehead atoms. The second-order valence-electron chi connectivity index (χ2n) is 7.79. The summed E-state index contributed by atoms with van der Waals surface area (Å²) in [5.74, 6) is 0.746. The topological polar surface area (TPSA) is 49.9 Å². The van der Waals surface area contributed by atoms with Crippen molar-refractivity contribution in [3.8, 4) is 0 Å². The molecule has 5 nitrogen and oxygen atoms in total. The first-order valence-electron chi connectivity index (χ1n) is 9.87. The first kappa shape index (κ1) is 17.5. The number of piperidine rings is 1. The van der Waals surface area contributed by atoms with Gasteiger partial charge in [-0.05, 0) is 31.7 Å². The lowest BCUT2D eigenvalue weighted by Crippen LogP contribution is -2.56. The summed E-state index contributed by atoms with van der Waals surface area (Å²) in [5, 5.41) is 0. The van der Waals surface area contributed by atoms with Crippen LogP contribution < -0.4 is 0 Å². The zero-order valence-electron chi connectivity index (χ0n) is 15.5. The van der Waals surface area contributed by atoms with Crippen LogP contribution in [0.4, 0.5) is 0 Å². The number of hydrogen-bond donors (Lipinski definition) is 0. The minimum absolute atomic E-state index is 0.0291. The van der Waals surface area contributed by atoms with E-state index >= 15 is 0 Å². The quantitative estimate of drug-likeness (QED) is 0.836. The molecular formula is C21H28N2O3. The van der Waals surface area contributed by atoms with E-state index in [0.717, 1.165) is 38.9 Å². The van der Waals surface area contributed by atoms with Crippen LogP contribution in [0.3, 0.4) is 0 Å². The lowest BCUT2D eigenvalue weighted by atomic mass is 9.73. The zero-order valence-corrected chi connectivity index (χ0v) is 15.5. The van der Waals surface area contributed by atoms with Crippen molar-refractivity contribution in [1.29, 1.82) is 0 Å². The molecule has 3 saturated heterocycles. The molecular weight excluding hydrogens is 328 g/mol. The molecule has 3 fully saturated rings. The normalized spacial score (nSPS) is 28.1. The van der Waals surface area contributed by atoms with E-state index in [4.69, 9.17) is 4.74 Å².